The third kappa shape index (κ3) is 4.73. The number of hydrogen-bond acceptors (Lipinski definition) is 2. The van der Waals surface area contributed by atoms with Crippen LogP contribution in [0.2, 0.25) is 0 Å². The fourth-order valence-corrected chi connectivity index (χ4v) is 1.04. The van der Waals surface area contributed by atoms with E-state index < -0.39 is 5.97 Å². The number of nitriles is 1. The van der Waals surface area contributed by atoms with Crippen LogP contribution in [0.15, 0.2) is 0 Å². The van der Waals surface area contributed by atoms with E-state index in [1.54, 1.807) is 0 Å². The molecule has 0 bridgehead atoms. The van der Waals surface area contributed by atoms with Gasteiger partial charge in [0.15, 0.2) is 0 Å². The number of hydrogen-bond donors (Lipinski definition) is 1. The zero-order valence-electron chi connectivity index (χ0n) is 7.58. The molecule has 68 valence electrons. The van der Waals surface area contributed by atoms with Gasteiger partial charge in [0.25, 0.3) is 0 Å². The summed E-state index contributed by atoms with van der Waals surface area (Å²) in [5, 5.41) is 17.1. The van der Waals surface area contributed by atoms with Gasteiger partial charge in [-0.2, -0.15) is 5.26 Å². The second-order valence-corrected chi connectivity index (χ2v) is 3.17. The number of carboxylic acid groups (broad SMARTS) is 1. The molecule has 1 N–H and O–H groups in total. The summed E-state index contributed by atoms with van der Waals surface area (Å²) >= 11 is 0. The van der Waals surface area contributed by atoms with E-state index in [2.05, 4.69) is 0 Å². The fourth-order valence-electron chi connectivity index (χ4n) is 1.04. The van der Waals surface area contributed by atoms with Crippen molar-refractivity contribution < 1.29 is 9.90 Å². The van der Waals surface area contributed by atoms with Gasteiger partial charge in [-0.05, 0) is 12.3 Å². The highest BCUT2D eigenvalue weighted by atomic mass is 16.4. The molecule has 0 aliphatic heterocycles. The highest BCUT2D eigenvalue weighted by molar-refractivity contribution is 5.67. The van der Waals surface area contributed by atoms with Crippen molar-refractivity contribution in [2.75, 3.05) is 0 Å². The number of carboxylic acids is 1. The molecule has 0 aliphatic carbocycles. The third-order valence-corrected chi connectivity index (χ3v) is 1.99. The summed E-state index contributed by atoms with van der Waals surface area (Å²) in [6.45, 7) is 4.08. The molecule has 0 amide bonds. The van der Waals surface area contributed by atoms with Gasteiger partial charge in [0.05, 0.1) is 18.4 Å². The second-order valence-electron chi connectivity index (χ2n) is 3.17. The molecule has 3 nitrogen and oxygen atoms in total. The normalized spacial score (nSPS) is 14.8. The Morgan fingerprint density at radius 2 is 2.25 bits per heavy atom. The van der Waals surface area contributed by atoms with Crippen LogP contribution in [0.4, 0.5) is 0 Å². The lowest BCUT2D eigenvalue weighted by atomic mass is 9.93. The SMILES string of the molecule is CC[C@@H](C)C[C@@H](C#N)CC(=O)O. The quantitative estimate of drug-likeness (QED) is 0.685. The average molecular weight is 169 g/mol. The zero-order valence-corrected chi connectivity index (χ0v) is 7.58. The van der Waals surface area contributed by atoms with Crippen LogP contribution in [0.1, 0.15) is 33.1 Å². The molecule has 0 unspecified atom stereocenters. The van der Waals surface area contributed by atoms with Gasteiger partial charge in [0.2, 0.25) is 0 Å². The molecule has 0 aromatic rings. The number of rotatable bonds is 5. The Morgan fingerprint density at radius 3 is 2.58 bits per heavy atom. The molecule has 0 saturated heterocycles. The van der Waals surface area contributed by atoms with Gasteiger partial charge in [-0.25, -0.2) is 0 Å². The molecule has 0 heterocycles. The summed E-state index contributed by atoms with van der Waals surface area (Å²) in [5.74, 6) is -0.767. The average Bonchev–Trinajstić information content (AvgIpc) is 2.02. The summed E-state index contributed by atoms with van der Waals surface area (Å²) < 4.78 is 0. The van der Waals surface area contributed by atoms with Crippen LogP contribution in [0.3, 0.4) is 0 Å². The van der Waals surface area contributed by atoms with Crippen LogP contribution < -0.4 is 0 Å². The van der Waals surface area contributed by atoms with Gasteiger partial charge in [-0.15, -0.1) is 0 Å². The number of carbonyl (C=O) groups is 1. The van der Waals surface area contributed by atoms with E-state index in [9.17, 15) is 4.79 Å². The Balaban J connectivity index is 3.85. The standard InChI is InChI=1S/C9H15NO2/c1-3-7(2)4-8(6-10)5-9(11)12/h7-8H,3-5H2,1-2H3,(H,11,12)/t7-,8-/m1/s1. The zero-order chi connectivity index (χ0) is 9.56. The lowest BCUT2D eigenvalue weighted by Crippen LogP contribution is -2.09. The second kappa shape index (κ2) is 5.59. The Kier molecular flexibility index (Phi) is 5.11. The fraction of sp³-hybridized carbons (Fsp3) is 0.778. The number of aliphatic carboxylic acids is 1. The minimum Gasteiger partial charge on any atom is -0.481 e. The summed E-state index contributed by atoms with van der Waals surface area (Å²) in [6.07, 6.45) is 1.66. The molecule has 2 atom stereocenters. The molecule has 0 rings (SSSR count). The predicted octanol–water partition coefficient (Wildman–Crippen LogP) is 2.04. The van der Waals surface area contributed by atoms with Crippen molar-refractivity contribution in [1.82, 2.24) is 0 Å². The van der Waals surface area contributed by atoms with E-state index >= 15 is 0 Å². The topological polar surface area (TPSA) is 61.1 Å². The highest BCUT2D eigenvalue weighted by Crippen LogP contribution is 2.17. The molecule has 0 aliphatic rings. The first kappa shape index (κ1) is 11.0. The maximum absolute atomic E-state index is 10.3. The first-order valence-electron chi connectivity index (χ1n) is 4.21. The largest absolute Gasteiger partial charge is 0.481 e. The Hall–Kier alpha value is -1.04. The lowest BCUT2D eigenvalue weighted by Gasteiger charge is -2.10. The van der Waals surface area contributed by atoms with Crippen LogP contribution >= 0.6 is 0 Å². The van der Waals surface area contributed by atoms with Crippen molar-refractivity contribution in [3.8, 4) is 6.07 Å². The van der Waals surface area contributed by atoms with Crippen LogP contribution in [0, 0.1) is 23.2 Å². The molecule has 0 radical (unpaired) electrons. The molecule has 0 spiro atoms. The van der Waals surface area contributed by atoms with Gasteiger partial charge in [0.1, 0.15) is 0 Å². The van der Waals surface area contributed by atoms with Gasteiger partial charge >= 0.3 is 5.97 Å². The monoisotopic (exact) mass is 169 g/mol. The Morgan fingerprint density at radius 1 is 1.67 bits per heavy atom. The van der Waals surface area contributed by atoms with Crippen LogP contribution in [-0.2, 0) is 4.79 Å². The van der Waals surface area contributed by atoms with Gasteiger partial charge < -0.3 is 5.11 Å². The van der Waals surface area contributed by atoms with Crippen molar-refractivity contribution in [3.05, 3.63) is 0 Å². The van der Waals surface area contributed by atoms with E-state index in [-0.39, 0.29) is 12.3 Å². The molecular weight excluding hydrogens is 154 g/mol. The van der Waals surface area contributed by atoms with Crippen LogP contribution in [0.25, 0.3) is 0 Å². The van der Waals surface area contributed by atoms with Gasteiger partial charge in [0, 0.05) is 0 Å². The smallest absolute Gasteiger partial charge is 0.304 e. The first-order chi connectivity index (χ1) is 5.60. The summed E-state index contributed by atoms with van der Waals surface area (Å²) in [7, 11) is 0. The van der Waals surface area contributed by atoms with Crippen molar-refractivity contribution in [3.63, 3.8) is 0 Å². The molecule has 0 saturated carbocycles. The minimum absolute atomic E-state index is 0.0269. The Bertz CT molecular complexity index is 183. The van der Waals surface area contributed by atoms with E-state index in [4.69, 9.17) is 10.4 Å². The van der Waals surface area contributed by atoms with Gasteiger partial charge in [-0.3, -0.25) is 4.79 Å². The number of nitrogens with zero attached hydrogens (tertiary/aromatic N) is 1. The van der Waals surface area contributed by atoms with E-state index in [1.165, 1.54) is 0 Å². The van der Waals surface area contributed by atoms with E-state index in [1.807, 2.05) is 19.9 Å². The first-order valence-corrected chi connectivity index (χ1v) is 4.21. The molecule has 0 fully saturated rings. The molecular formula is C9H15NO2. The van der Waals surface area contributed by atoms with Crippen molar-refractivity contribution in [1.29, 1.82) is 5.26 Å². The summed E-state index contributed by atoms with van der Waals surface area (Å²) in [4.78, 5) is 10.3. The summed E-state index contributed by atoms with van der Waals surface area (Å²) in [5.41, 5.74) is 0. The van der Waals surface area contributed by atoms with Crippen LogP contribution in [-0.4, -0.2) is 11.1 Å². The minimum atomic E-state index is -0.884. The Labute approximate surface area is 73.0 Å². The van der Waals surface area contributed by atoms with Gasteiger partial charge in [-0.1, -0.05) is 20.3 Å². The van der Waals surface area contributed by atoms with Crippen molar-refractivity contribution in [2.24, 2.45) is 11.8 Å². The molecule has 12 heavy (non-hydrogen) atoms. The molecule has 0 aromatic carbocycles. The summed E-state index contributed by atoms with van der Waals surface area (Å²) in [6, 6.07) is 2.02. The maximum Gasteiger partial charge on any atom is 0.304 e. The van der Waals surface area contributed by atoms with Crippen molar-refractivity contribution in [2.45, 2.75) is 33.1 Å². The predicted molar refractivity (Wildman–Crippen MR) is 45.4 cm³/mol. The maximum atomic E-state index is 10.3. The van der Waals surface area contributed by atoms with E-state index in [0.29, 0.717) is 12.3 Å². The highest BCUT2D eigenvalue weighted by Gasteiger charge is 2.14. The molecule has 0 aromatic heterocycles. The third-order valence-electron chi connectivity index (χ3n) is 1.99. The molecule has 3 heteroatoms. The van der Waals surface area contributed by atoms with E-state index in [0.717, 1.165) is 6.42 Å². The van der Waals surface area contributed by atoms with Crippen LogP contribution in [0.5, 0.6) is 0 Å². The van der Waals surface area contributed by atoms with Crippen molar-refractivity contribution >= 4 is 5.97 Å². The lowest BCUT2D eigenvalue weighted by molar-refractivity contribution is -0.137.